The van der Waals surface area contributed by atoms with Crippen LogP contribution in [-0.2, 0) is 24.8 Å². The van der Waals surface area contributed by atoms with Gasteiger partial charge >= 0.3 is 0 Å². The number of aryl methyl sites for hydroxylation is 3. The van der Waals surface area contributed by atoms with Gasteiger partial charge in [-0.1, -0.05) is 18.2 Å². The monoisotopic (exact) mass is 414 g/mol. The second kappa shape index (κ2) is 7.88. The highest BCUT2D eigenvalue weighted by Gasteiger charge is 2.24. The molecule has 0 aliphatic carbocycles. The maximum absolute atomic E-state index is 13.0. The van der Waals surface area contributed by atoms with Gasteiger partial charge in [0.2, 0.25) is 5.91 Å². The Bertz CT molecular complexity index is 1260. The van der Waals surface area contributed by atoms with Crippen LogP contribution in [0, 0.1) is 19.8 Å². The van der Waals surface area contributed by atoms with E-state index in [0.29, 0.717) is 12.3 Å². The fraction of sp³-hybridized carbons (Fsp3) is 0.385. The van der Waals surface area contributed by atoms with Crippen molar-refractivity contribution < 1.29 is 4.79 Å². The van der Waals surface area contributed by atoms with Crippen molar-refractivity contribution in [1.82, 2.24) is 19.0 Å². The summed E-state index contributed by atoms with van der Waals surface area (Å²) in [5, 5.41) is 1.19. The molecule has 2 aromatic heterocycles. The van der Waals surface area contributed by atoms with Gasteiger partial charge in [-0.3, -0.25) is 4.79 Å². The Balaban J connectivity index is 1.22. The minimum atomic E-state index is 0.244. The third kappa shape index (κ3) is 3.73. The van der Waals surface area contributed by atoms with Crippen LogP contribution in [0.25, 0.3) is 21.9 Å². The van der Waals surface area contributed by atoms with Crippen LogP contribution >= 0.6 is 0 Å². The molecule has 3 heterocycles. The van der Waals surface area contributed by atoms with Crippen LogP contribution in [0.5, 0.6) is 0 Å². The number of rotatable bonds is 4. The normalized spacial score (nSPS) is 15.3. The number of fused-ring (bicyclic) bond motifs is 2. The average molecular weight is 415 g/mol. The quantitative estimate of drug-likeness (QED) is 0.489. The smallest absolute Gasteiger partial charge is 0.227 e. The lowest BCUT2D eigenvalue weighted by molar-refractivity contribution is -0.131. The molecule has 1 amide bonds. The summed E-state index contributed by atoms with van der Waals surface area (Å²) in [5.74, 6) is 0.828. The van der Waals surface area contributed by atoms with E-state index in [1.54, 1.807) is 0 Å². The second-order valence-corrected chi connectivity index (χ2v) is 9.11. The van der Waals surface area contributed by atoms with E-state index in [1.165, 1.54) is 27.5 Å². The predicted octanol–water partition coefficient (Wildman–Crippen LogP) is 4.63. The zero-order chi connectivity index (χ0) is 21.5. The van der Waals surface area contributed by atoms with Crippen molar-refractivity contribution >= 4 is 27.8 Å². The number of para-hydroxylation sites is 1. The first-order chi connectivity index (χ1) is 15.0. The van der Waals surface area contributed by atoms with Gasteiger partial charge < -0.3 is 14.0 Å². The number of amides is 1. The SMILES string of the molecule is Cc1cc2ncn(CC3CCN(C(=O)Cc4cn(C)c5ccccc45)CC3)c2cc1C. The van der Waals surface area contributed by atoms with Crippen LogP contribution in [0.2, 0.25) is 0 Å². The Hall–Kier alpha value is -3.08. The molecule has 0 N–H and O–H groups in total. The highest BCUT2D eigenvalue weighted by molar-refractivity contribution is 5.89. The molecule has 0 unspecified atom stereocenters. The van der Waals surface area contributed by atoms with Crippen molar-refractivity contribution in [3.63, 3.8) is 0 Å². The van der Waals surface area contributed by atoms with E-state index in [-0.39, 0.29) is 5.91 Å². The Morgan fingerprint density at radius 2 is 1.81 bits per heavy atom. The molecule has 4 aromatic rings. The molecular weight excluding hydrogens is 384 g/mol. The van der Waals surface area contributed by atoms with Crippen molar-refractivity contribution in [3.05, 3.63) is 65.6 Å². The van der Waals surface area contributed by atoms with E-state index in [2.05, 4.69) is 63.3 Å². The van der Waals surface area contributed by atoms with Crippen LogP contribution in [0.15, 0.2) is 48.9 Å². The standard InChI is InChI=1S/C26H30N4O/c1-18-12-23-25(13-19(18)2)30(17-27-23)15-20-8-10-29(11-9-20)26(31)14-21-16-28(3)24-7-5-4-6-22(21)24/h4-7,12-13,16-17,20H,8-11,14-15H2,1-3H3. The van der Waals surface area contributed by atoms with E-state index in [0.717, 1.165) is 43.6 Å². The van der Waals surface area contributed by atoms with Gasteiger partial charge in [-0.05, 0) is 67.5 Å². The molecule has 5 heteroatoms. The summed E-state index contributed by atoms with van der Waals surface area (Å²) >= 11 is 0. The predicted molar refractivity (Wildman–Crippen MR) is 125 cm³/mol. The van der Waals surface area contributed by atoms with Crippen molar-refractivity contribution in [2.24, 2.45) is 13.0 Å². The molecule has 0 saturated carbocycles. The Kier molecular flexibility index (Phi) is 5.05. The number of hydrogen-bond acceptors (Lipinski definition) is 2. The summed E-state index contributed by atoms with van der Waals surface area (Å²) in [7, 11) is 2.05. The van der Waals surface area contributed by atoms with Gasteiger partial charge in [-0.15, -0.1) is 0 Å². The number of likely N-dealkylation sites (tertiary alicyclic amines) is 1. The van der Waals surface area contributed by atoms with Gasteiger partial charge in [0.15, 0.2) is 0 Å². The van der Waals surface area contributed by atoms with Gasteiger partial charge in [0.1, 0.15) is 0 Å². The van der Waals surface area contributed by atoms with Gasteiger partial charge in [0.05, 0.1) is 23.8 Å². The minimum absolute atomic E-state index is 0.244. The highest BCUT2D eigenvalue weighted by Crippen LogP contribution is 2.25. The number of imidazole rings is 1. The number of carbonyl (C=O) groups excluding carboxylic acids is 1. The maximum atomic E-state index is 13.0. The maximum Gasteiger partial charge on any atom is 0.227 e. The first-order valence-corrected chi connectivity index (χ1v) is 11.2. The Morgan fingerprint density at radius 1 is 1.06 bits per heavy atom. The van der Waals surface area contributed by atoms with E-state index >= 15 is 0 Å². The lowest BCUT2D eigenvalue weighted by atomic mass is 9.96. The summed E-state index contributed by atoms with van der Waals surface area (Å²) in [5.41, 5.74) is 7.20. The number of hydrogen-bond donors (Lipinski definition) is 0. The Morgan fingerprint density at radius 3 is 2.61 bits per heavy atom. The molecule has 160 valence electrons. The average Bonchev–Trinajstić information content (AvgIpc) is 3.30. The van der Waals surface area contributed by atoms with E-state index < -0.39 is 0 Å². The lowest BCUT2D eigenvalue weighted by Crippen LogP contribution is -2.40. The molecule has 1 fully saturated rings. The third-order valence-electron chi connectivity index (χ3n) is 6.98. The topological polar surface area (TPSA) is 43.1 Å². The number of aromatic nitrogens is 3. The molecular formula is C26H30N4O. The summed E-state index contributed by atoms with van der Waals surface area (Å²) in [4.78, 5) is 19.6. The zero-order valence-corrected chi connectivity index (χ0v) is 18.6. The zero-order valence-electron chi connectivity index (χ0n) is 18.6. The molecule has 0 bridgehead atoms. The van der Waals surface area contributed by atoms with Crippen LogP contribution in [-0.4, -0.2) is 38.0 Å². The van der Waals surface area contributed by atoms with Crippen molar-refractivity contribution in [3.8, 4) is 0 Å². The Labute approximate surface area is 183 Å². The van der Waals surface area contributed by atoms with Gasteiger partial charge in [-0.25, -0.2) is 4.98 Å². The molecule has 0 radical (unpaired) electrons. The van der Waals surface area contributed by atoms with Crippen molar-refractivity contribution in [2.75, 3.05) is 13.1 Å². The summed E-state index contributed by atoms with van der Waals surface area (Å²) in [6.45, 7) is 6.97. The molecule has 1 saturated heterocycles. The highest BCUT2D eigenvalue weighted by atomic mass is 16.2. The number of carbonyl (C=O) groups is 1. The minimum Gasteiger partial charge on any atom is -0.350 e. The second-order valence-electron chi connectivity index (χ2n) is 9.11. The number of benzene rings is 2. The van der Waals surface area contributed by atoms with E-state index in [9.17, 15) is 4.79 Å². The molecule has 0 spiro atoms. The molecule has 5 nitrogen and oxygen atoms in total. The van der Waals surface area contributed by atoms with Crippen molar-refractivity contribution in [1.29, 1.82) is 0 Å². The molecule has 5 rings (SSSR count). The van der Waals surface area contributed by atoms with Crippen LogP contribution in [0.1, 0.15) is 29.5 Å². The van der Waals surface area contributed by atoms with E-state index in [1.807, 2.05) is 25.5 Å². The van der Waals surface area contributed by atoms with Gasteiger partial charge in [-0.2, -0.15) is 0 Å². The van der Waals surface area contributed by atoms with E-state index in [4.69, 9.17) is 0 Å². The van der Waals surface area contributed by atoms with Gasteiger partial charge in [0, 0.05) is 43.8 Å². The van der Waals surface area contributed by atoms with Crippen molar-refractivity contribution in [2.45, 2.75) is 39.7 Å². The molecule has 31 heavy (non-hydrogen) atoms. The van der Waals surface area contributed by atoms with Gasteiger partial charge in [0.25, 0.3) is 0 Å². The first-order valence-electron chi connectivity index (χ1n) is 11.2. The van der Waals surface area contributed by atoms with Crippen LogP contribution in [0.3, 0.4) is 0 Å². The molecule has 1 aliphatic heterocycles. The lowest BCUT2D eigenvalue weighted by Gasteiger charge is -2.32. The number of piperidine rings is 1. The van der Waals surface area contributed by atoms with Crippen LogP contribution < -0.4 is 0 Å². The first kappa shape index (κ1) is 19.9. The summed E-state index contributed by atoms with van der Waals surface area (Å²) < 4.78 is 4.41. The third-order valence-corrected chi connectivity index (χ3v) is 6.98. The van der Waals surface area contributed by atoms with Crippen LogP contribution in [0.4, 0.5) is 0 Å². The largest absolute Gasteiger partial charge is 0.350 e. The summed E-state index contributed by atoms with van der Waals surface area (Å²) in [6.07, 6.45) is 6.65. The molecule has 0 atom stereocenters. The number of nitrogens with zero attached hydrogens (tertiary/aromatic N) is 4. The summed E-state index contributed by atoms with van der Waals surface area (Å²) in [6, 6.07) is 12.7. The molecule has 1 aliphatic rings. The molecule has 2 aromatic carbocycles. The fourth-order valence-corrected chi connectivity index (χ4v) is 4.94. The fourth-order valence-electron chi connectivity index (χ4n) is 4.94.